The summed E-state index contributed by atoms with van der Waals surface area (Å²) in [7, 11) is 0. The average molecular weight is 208 g/mol. The minimum absolute atomic E-state index is 0.154. The highest BCUT2D eigenvalue weighted by molar-refractivity contribution is 5.47. The Bertz CT molecular complexity index is 327. The van der Waals surface area contributed by atoms with E-state index in [1.54, 1.807) is 12.1 Å². The van der Waals surface area contributed by atoms with Crippen molar-refractivity contribution in [2.75, 3.05) is 24.5 Å². The highest BCUT2D eigenvalue weighted by Gasteiger charge is 2.17. The molecular formula is C12H17FN2. The summed E-state index contributed by atoms with van der Waals surface area (Å²) in [6, 6.07) is 7.37. The number of hydrogen-bond donors (Lipinski definition) is 1. The van der Waals surface area contributed by atoms with Crippen molar-refractivity contribution in [2.24, 2.45) is 0 Å². The van der Waals surface area contributed by atoms with Crippen LogP contribution in [0.3, 0.4) is 0 Å². The number of hydrogen-bond acceptors (Lipinski definition) is 2. The highest BCUT2D eigenvalue weighted by Crippen LogP contribution is 2.17. The summed E-state index contributed by atoms with van der Waals surface area (Å²) in [6.45, 7) is 5.08. The van der Waals surface area contributed by atoms with Gasteiger partial charge in [-0.1, -0.05) is 13.0 Å². The Kier molecular flexibility index (Phi) is 3.21. The second-order valence-corrected chi connectivity index (χ2v) is 3.99. The van der Waals surface area contributed by atoms with E-state index >= 15 is 0 Å². The molecule has 15 heavy (non-hydrogen) atoms. The first-order chi connectivity index (χ1) is 7.29. The SMILES string of the molecule is CCC1CN(c2cccc(F)c2)CCN1. The van der Waals surface area contributed by atoms with Gasteiger partial charge in [-0.15, -0.1) is 0 Å². The predicted octanol–water partition coefficient (Wildman–Crippen LogP) is 2.01. The van der Waals surface area contributed by atoms with E-state index in [0.29, 0.717) is 6.04 Å². The molecule has 2 nitrogen and oxygen atoms in total. The number of piperazine rings is 1. The third kappa shape index (κ3) is 2.48. The van der Waals surface area contributed by atoms with Crippen LogP contribution in [-0.4, -0.2) is 25.7 Å². The number of rotatable bonds is 2. The molecule has 1 atom stereocenters. The number of anilines is 1. The zero-order chi connectivity index (χ0) is 10.7. The van der Waals surface area contributed by atoms with Gasteiger partial charge in [-0.2, -0.15) is 0 Å². The molecule has 2 rings (SSSR count). The first-order valence-electron chi connectivity index (χ1n) is 5.53. The van der Waals surface area contributed by atoms with Gasteiger partial charge in [-0.25, -0.2) is 4.39 Å². The Morgan fingerprint density at radius 2 is 2.40 bits per heavy atom. The van der Waals surface area contributed by atoms with Gasteiger partial charge in [0, 0.05) is 31.4 Å². The normalized spacial score (nSPS) is 21.7. The monoisotopic (exact) mass is 208 g/mol. The first-order valence-corrected chi connectivity index (χ1v) is 5.53. The van der Waals surface area contributed by atoms with E-state index in [1.807, 2.05) is 6.07 Å². The quantitative estimate of drug-likeness (QED) is 0.800. The van der Waals surface area contributed by atoms with Gasteiger partial charge >= 0.3 is 0 Å². The van der Waals surface area contributed by atoms with Crippen molar-refractivity contribution in [3.8, 4) is 0 Å². The van der Waals surface area contributed by atoms with Crippen molar-refractivity contribution in [2.45, 2.75) is 19.4 Å². The molecule has 0 radical (unpaired) electrons. The second-order valence-electron chi connectivity index (χ2n) is 3.99. The largest absolute Gasteiger partial charge is 0.369 e. The molecule has 0 spiro atoms. The molecule has 1 aliphatic rings. The van der Waals surface area contributed by atoms with Crippen LogP contribution in [0.15, 0.2) is 24.3 Å². The molecule has 82 valence electrons. The molecule has 0 aromatic heterocycles. The smallest absolute Gasteiger partial charge is 0.125 e. The average Bonchev–Trinajstić information content (AvgIpc) is 2.29. The maximum absolute atomic E-state index is 13.1. The topological polar surface area (TPSA) is 15.3 Å². The van der Waals surface area contributed by atoms with E-state index in [1.165, 1.54) is 6.07 Å². The van der Waals surface area contributed by atoms with Gasteiger partial charge in [0.05, 0.1) is 0 Å². The minimum Gasteiger partial charge on any atom is -0.369 e. The van der Waals surface area contributed by atoms with Crippen LogP contribution in [-0.2, 0) is 0 Å². The van der Waals surface area contributed by atoms with Crippen molar-refractivity contribution in [1.82, 2.24) is 5.32 Å². The number of halogens is 1. The van der Waals surface area contributed by atoms with Crippen molar-refractivity contribution in [1.29, 1.82) is 0 Å². The lowest BCUT2D eigenvalue weighted by atomic mass is 10.1. The molecular weight excluding hydrogens is 191 g/mol. The van der Waals surface area contributed by atoms with Crippen LogP contribution in [0.25, 0.3) is 0 Å². The van der Waals surface area contributed by atoms with Crippen LogP contribution in [0.2, 0.25) is 0 Å². The van der Waals surface area contributed by atoms with Crippen molar-refractivity contribution in [3.05, 3.63) is 30.1 Å². The maximum atomic E-state index is 13.1. The van der Waals surface area contributed by atoms with Crippen LogP contribution in [0.5, 0.6) is 0 Å². The van der Waals surface area contributed by atoms with Crippen LogP contribution in [0.4, 0.5) is 10.1 Å². The predicted molar refractivity (Wildman–Crippen MR) is 60.7 cm³/mol. The molecule has 1 aromatic carbocycles. The zero-order valence-corrected chi connectivity index (χ0v) is 9.04. The molecule has 0 bridgehead atoms. The first kappa shape index (κ1) is 10.4. The molecule has 1 aliphatic heterocycles. The zero-order valence-electron chi connectivity index (χ0n) is 9.04. The summed E-state index contributed by atoms with van der Waals surface area (Å²) in [5.74, 6) is -0.154. The van der Waals surface area contributed by atoms with Gasteiger partial charge in [-0.05, 0) is 24.6 Å². The fourth-order valence-electron chi connectivity index (χ4n) is 2.01. The van der Waals surface area contributed by atoms with E-state index in [2.05, 4.69) is 17.1 Å². The van der Waals surface area contributed by atoms with E-state index in [9.17, 15) is 4.39 Å². The molecule has 1 saturated heterocycles. The molecule has 1 unspecified atom stereocenters. The molecule has 0 saturated carbocycles. The summed E-state index contributed by atoms with van der Waals surface area (Å²) in [5.41, 5.74) is 0.995. The third-order valence-corrected chi connectivity index (χ3v) is 2.92. The molecule has 0 amide bonds. The summed E-state index contributed by atoms with van der Waals surface area (Å²) in [4.78, 5) is 2.24. The summed E-state index contributed by atoms with van der Waals surface area (Å²) in [6.07, 6.45) is 1.12. The summed E-state index contributed by atoms with van der Waals surface area (Å²) >= 11 is 0. The van der Waals surface area contributed by atoms with E-state index in [0.717, 1.165) is 31.7 Å². The Labute approximate surface area is 90.1 Å². The van der Waals surface area contributed by atoms with Crippen LogP contribution >= 0.6 is 0 Å². The molecule has 1 fully saturated rings. The van der Waals surface area contributed by atoms with Gasteiger partial charge in [-0.3, -0.25) is 0 Å². The van der Waals surface area contributed by atoms with Crippen molar-refractivity contribution >= 4 is 5.69 Å². The lowest BCUT2D eigenvalue weighted by Crippen LogP contribution is -2.50. The highest BCUT2D eigenvalue weighted by atomic mass is 19.1. The Balaban J connectivity index is 2.09. The Morgan fingerprint density at radius 3 is 3.13 bits per heavy atom. The molecule has 0 aliphatic carbocycles. The van der Waals surface area contributed by atoms with Crippen molar-refractivity contribution in [3.63, 3.8) is 0 Å². The fraction of sp³-hybridized carbons (Fsp3) is 0.500. The van der Waals surface area contributed by atoms with Gasteiger partial charge in [0.15, 0.2) is 0 Å². The minimum atomic E-state index is -0.154. The lowest BCUT2D eigenvalue weighted by molar-refractivity contribution is 0.446. The van der Waals surface area contributed by atoms with Crippen LogP contribution < -0.4 is 10.2 Å². The van der Waals surface area contributed by atoms with Crippen LogP contribution in [0, 0.1) is 5.82 Å². The molecule has 1 aromatic rings. The summed E-state index contributed by atoms with van der Waals surface area (Å²) < 4.78 is 13.1. The second kappa shape index (κ2) is 4.62. The molecule has 1 N–H and O–H groups in total. The molecule has 3 heteroatoms. The van der Waals surface area contributed by atoms with Gasteiger partial charge in [0.1, 0.15) is 5.82 Å². The number of nitrogens with zero attached hydrogens (tertiary/aromatic N) is 1. The van der Waals surface area contributed by atoms with Crippen molar-refractivity contribution < 1.29 is 4.39 Å². The number of benzene rings is 1. The Hall–Kier alpha value is -1.09. The van der Waals surface area contributed by atoms with E-state index in [4.69, 9.17) is 0 Å². The maximum Gasteiger partial charge on any atom is 0.125 e. The van der Waals surface area contributed by atoms with Gasteiger partial charge < -0.3 is 10.2 Å². The molecule has 1 heterocycles. The van der Waals surface area contributed by atoms with E-state index < -0.39 is 0 Å². The van der Waals surface area contributed by atoms with E-state index in [-0.39, 0.29) is 5.82 Å². The fourth-order valence-corrected chi connectivity index (χ4v) is 2.01. The third-order valence-electron chi connectivity index (χ3n) is 2.92. The van der Waals surface area contributed by atoms with Crippen LogP contribution in [0.1, 0.15) is 13.3 Å². The Morgan fingerprint density at radius 1 is 1.53 bits per heavy atom. The number of nitrogens with one attached hydrogen (secondary N) is 1. The summed E-state index contributed by atoms with van der Waals surface area (Å²) in [5, 5.41) is 3.45. The standard InChI is InChI=1S/C12H17FN2/c1-2-11-9-15(7-6-14-11)12-5-3-4-10(13)8-12/h3-5,8,11,14H,2,6-7,9H2,1H3. The van der Waals surface area contributed by atoms with Gasteiger partial charge in [0.2, 0.25) is 0 Å². The lowest BCUT2D eigenvalue weighted by Gasteiger charge is -2.34. The van der Waals surface area contributed by atoms with Gasteiger partial charge in [0.25, 0.3) is 0 Å².